The number of benzene rings is 1. The standard InChI is InChI=1S/C8H7BrFNO2/c1-13-8(12)11-7-4-5(10)2-3-6(7)9/h2-4H,1H3,(H,11,12). The Morgan fingerprint density at radius 2 is 2.31 bits per heavy atom. The zero-order valence-electron chi connectivity index (χ0n) is 6.80. The predicted molar refractivity (Wildman–Crippen MR) is 50.1 cm³/mol. The van der Waals surface area contributed by atoms with Gasteiger partial charge < -0.3 is 4.74 Å². The van der Waals surface area contributed by atoms with Gasteiger partial charge in [0.1, 0.15) is 5.82 Å². The van der Waals surface area contributed by atoms with Crippen LogP contribution in [0.4, 0.5) is 14.9 Å². The van der Waals surface area contributed by atoms with E-state index in [0.29, 0.717) is 10.2 Å². The number of anilines is 1. The second-order valence-electron chi connectivity index (χ2n) is 2.24. The van der Waals surface area contributed by atoms with Crippen molar-refractivity contribution in [1.82, 2.24) is 0 Å². The van der Waals surface area contributed by atoms with Gasteiger partial charge >= 0.3 is 6.09 Å². The first kappa shape index (κ1) is 9.98. The van der Waals surface area contributed by atoms with E-state index in [-0.39, 0.29) is 0 Å². The van der Waals surface area contributed by atoms with Gasteiger partial charge in [-0.15, -0.1) is 0 Å². The Bertz CT molecular complexity index is 330. The van der Waals surface area contributed by atoms with Crippen molar-refractivity contribution >= 4 is 27.7 Å². The highest BCUT2D eigenvalue weighted by Gasteiger charge is 2.05. The first-order valence-electron chi connectivity index (χ1n) is 3.43. The van der Waals surface area contributed by atoms with Crippen molar-refractivity contribution in [2.75, 3.05) is 12.4 Å². The molecule has 0 aliphatic heterocycles. The Morgan fingerprint density at radius 1 is 1.62 bits per heavy atom. The van der Waals surface area contributed by atoms with Crippen LogP contribution in [0.3, 0.4) is 0 Å². The molecule has 0 bridgehead atoms. The lowest BCUT2D eigenvalue weighted by Crippen LogP contribution is -2.11. The summed E-state index contributed by atoms with van der Waals surface area (Å²) >= 11 is 3.15. The Hall–Kier alpha value is -1.10. The summed E-state index contributed by atoms with van der Waals surface area (Å²) in [4.78, 5) is 10.8. The number of methoxy groups -OCH3 is 1. The van der Waals surface area contributed by atoms with Crippen LogP contribution in [0.2, 0.25) is 0 Å². The summed E-state index contributed by atoms with van der Waals surface area (Å²) in [5.41, 5.74) is 0.340. The van der Waals surface area contributed by atoms with E-state index in [0.717, 1.165) is 0 Å². The van der Waals surface area contributed by atoms with Crippen LogP contribution in [-0.2, 0) is 4.74 Å². The molecule has 1 amide bonds. The van der Waals surface area contributed by atoms with Crippen LogP contribution in [-0.4, -0.2) is 13.2 Å². The fourth-order valence-corrected chi connectivity index (χ4v) is 1.10. The largest absolute Gasteiger partial charge is 0.453 e. The van der Waals surface area contributed by atoms with Gasteiger partial charge in [-0.3, -0.25) is 5.32 Å². The van der Waals surface area contributed by atoms with E-state index >= 15 is 0 Å². The molecule has 0 spiro atoms. The van der Waals surface area contributed by atoms with Gasteiger partial charge in [0.05, 0.1) is 12.8 Å². The van der Waals surface area contributed by atoms with Gasteiger partial charge in [0.15, 0.2) is 0 Å². The van der Waals surface area contributed by atoms with Crippen molar-refractivity contribution in [1.29, 1.82) is 0 Å². The topological polar surface area (TPSA) is 38.3 Å². The molecule has 0 aliphatic carbocycles. The average molecular weight is 248 g/mol. The van der Waals surface area contributed by atoms with Crippen LogP contribution < -0.4 is 5.32 Å². The molecule has 0 aliphatic rings. The predicted octanol–water partition coefficient (Wildman–Crippen LogP) is 2.77. The van der Waals surface area contributed by atoms with Gasteiger partial charge in [0.2, 0.25) is 0 Å². The van der Waals surface area contributed by atoms with Crippen molar-refractivity contribution in [3.63, 3.8) is 0 Å². The molecule has 0 saturated heterocycles. The molecule has 5 heteroatoms. The molecule has 0 radical (unpaired) electrons. The van der Waals surface area contributed by atoms with E-state index < -0.39 is 11.9 Å². The Morgan fingerprint density at radius 3 is 2.92 bits per heavy atom. The number of ether oxygens (including phenoxy) is 1. The molecular formula is C8H7BrFNO2. The number of carbonyl (C=O) groups excluding carboxylic acids is 1. The van der Waals surface area contributed by atoms with Crippen molar-refractivity contribution in [3.05, 3.63) is 28.5 Å². The molecule has 1 aromatic rings. The Balaban J connectivity index is 2.87. The fraction of sp³-hybridized carbons (Fsp3) is 0.125. The van der Waals surface area contributed by atoms with Crippen molar-refractivity contribution in [3.8, 4) is 0 Å². The molecule has 0 saturated carbocycles. The maximum atomic E-state index is 12.7. The van der Waals surface area contributed by atoms with E-state index in [9.17, 15) is 9.18 Å². The summed E-state index contributed by atoms with van der Waals surface area (Å²) in [6.07, 6.45) is -0.633. The highest BCUT2D eigenvalue weighted by Crippen LogP contribution is 2.22. The molecular weight excluding hydrogens is 241 g/mol. The smallest absolute Gasteiger partial charge is 0.411 e. The van der Waals surface area contributed by atoms with Gasteiger partial charge in [-0.1, -0.05) is 0 Å². The summed E-state index contributed by atoms with van der Waals surface area (Å²) in [6.45, 7) is 0. The lowest BCUT2D eigenvalue weighted by molar-refractivity contribution is 0.187. The highest BCUT2D eigenvalue weighted by molar-refractivity contribution is 9.10. The molecule has 0 heterocycles. The number of rotatable bonds is 1. The number of halogens is 2. The van der Waals surface area contributed by atoms with E-state index in [4.69, 9.17) is 0 Å². The zero-order valence-corrected chi connectivity index (χ0v) is 8.39. The molecule has 0 unspecified atom stereocenters. The van der Waals surface area contributed by atoms with E-state index in [1.807, 2.05) is 0 Å². The summed E-state index contributed by atoms with van der Waals surface area (Å²) in [7, 11) is 1.24. The Kier molecular flexibility index (Phi) is 3.25. The second kappa shape index (κ2) is 4.23. The van der Waals surface area contributed by atoms with Gasteiger partial charge in [0.25, 0.3) is 0 Å². The van der Waals surface area contributed by atoms with Crippen LogP contribution in [0.15, 0.2) is 22.7 Å². The molecule has 3 nitrogen and oxygen atoms in total. The fourth-order valence-electron chi connectivity index (χ4n) is 0.754. The minimum atomic E-state index is -0.633. The SMILES string of the molecule is COC(=O)Nc1cc(F)ccc1Br. The maximum absolute atomic E-state index is 12.7. The molecule has 0 fully saturated rings. The van der Waals surface area contributed by atoms with Crippen molar-refractivity contribution in [2.24, 2.45) is 0 Å². The lowest BCUT2D eigenvalue weighted by Gasteiger charge is -2.05. The van der Waals surface area contributed by atoms with E-state index in [1.54, 1.807) is 0 Å². The third-order valence-corrected chi connectivity index (χ3v) is 2.04. The van der Waals surface area contributed by atoms with Crippen molar-refractivity contribution < 1.29 is 13.9 Å². The minimum absolute atomic E-state index is 0.340. The summed E-state index contributed by atoms with van der Waals surface area (Å²) < 4.78 is 17.6. The third-order valence-electron chi connectivity index (χ3n) is 1.35. The minimum Gasteiger partial charge on any atom is -0.453 e. The number of hydrogen-bond acceptors (Lipinski definition) is 2. The zero-order chi connectivity index (χ0) is 9.84. The van der Waals surface area contributed by atoms with Crippen LogP contribution in [0.5, 0.6) is 0 Å². The van der Waals surface area contributed by atoms with Crippen LogP contribution in [0.25, 0.3) is 0 Å². The van der Waals surface area contributed by atoms with Gasteiger partial charge in [0, 0.05) is 4.47 Å². The van der Waals surface area contributed by atoms with Crippen LogP contribution >= 0.6 is 15.9 Å². The quantitative estimate of drug-likeness (QED) is 0.829. The van der Waals surface area contributed by atoms with Crippen LogP contribution in [0.1, 0.15) is 0 Å². The molecule has 13 heavy (non-hydrogen) atoms. The molecule has 0 atom stereocenters. The molecule has 1 N–H and O–H groups in total. The molecule has 1 rings (SSSR count). The number of nitrogens with one attached hydrogen (secondary N) is 1. The average Bonchev–Trinajstić information content (AvgIpc) is 2.11. The first-order chi connectivity index (χ1) is 6.13. The number of carbonyl (C=O) groups is 1. The molecule has 1 aromatic carbocycles. The second-order valence-corrected chi connectivity index (χ2v) is 3.10. The van der Waals surface area contributed by atoms with Crippen molar-refractivity contribution in [2.45, 2.75) is 0 Å². The van der Waals surface area contributed by atoms with Crippen LogP contribution in [0, 0.1) is 5.82 Å². The van der Waals surface area contributed by atoms with Gasteiger partial charge in [-0.05, 0) is 34.1 Å². The summed E-state index contributed by atoms with van der Waals surface area (Å²) in [6, 6.07) is 3.98. The summed E-state index contributed by atoms with van der Waals surface area (Å²) in [5.74, 6) is -0.422. The molecule has 0 aromatic heterocycles. The monoisotopic (exact) mass is 247 g/mol. The number of hydrogen-bond donors (Lipinski definition) is 1. The van der Waals surface area contributed by atoms with Gasteiger partial charge in [-0.25, -0.2) is 9.18 Å². The van der Waals surface area contributed by atoms with Gasteiger partial charge in [-0.2, -0.15) is 0 Å². The molecule has 70 valence electrons. The number of amides is 1. The van der Waals surface area contributed by atoms with E-state index in [1.165, 1.54) is 25.3 Å². The summed E-state index contributed by atoms with van der Waals surface area (Å²) in [5, 5.41) is 2.35. The Labute approximate surface area is 83.0 Å². The highest BCUT2D eigenvalue weighted by atomic mass is 79.9. The lowest BCUT2D eigenvalue weighted by atomic mass is 10.3. The van der Waals surface area contributed by atoms with E-state index in [2.05, 4.69) is 26.0 Å². The maximum Gasteiger partial charge on any atom is 0.411 e. The first-order valence-corrected chi connectivity index (χ1v) is 4.23. The third kappa shape index (κ3) is 2.69. The normalized spacial score (nSPS) is 9.46.